The molecule has 0 bridgehead atoms. The van der Waals surface area contributed by atoms with E-state index in [-0.39, 0.29) is 108 Å². The minimum atomic E-state index is -1.38. The first kappa shape index (κ1) is 67.4. The molecule has 0 aromatic heterocycles. The van der Waals surface area contributed by atoms with Crippen LogP contribution >= 0.6 is 0 Å². The van der Waals surface area contributed by atoms with Gasteiger partial charge in [-0.05, 0) is 81.1 Å². The summed E-state index contributed by atoms with van der Waals surface area (Å²) in [4.78, 5) is 138. The quantitative estimate of drug-likeness (QED) is 0.0199. The lowest BCUT2D eigenvalue weighted by Crippen LogP contribution is -2.61. The van der Waals surface area contributed by atoms with Gasteiger partial charge in [0.1, 0.15) is 48.3 Å². The van der Waals surface area contributed by atoms with E-state index in [1.807, 2.05) is 13.8 Å². The van der Waals surface area contributed by atoms with Crippen LogP contribution in [0.3, 0.4) is 0 Å². The largest absolute Gasteiger partial charge is 0.480 e. The van der Waals surface area contributed by atoms with E-state index in [0.717, 1.165) is 0 Å². The number of likely N-dealkylation sites (tertiary alicyclic amines) is 1. The molecule has 27 nitrogen and oxygen atoms in total. The van der Waals surface area contributed by atoms with Crippen molar-refractivity contribution in [3.05, 3.63) is 35.9 Å². The van der Waals surface area contributed by atoms with E-state index in [0.29, 0.717) is 24.8 Å². The number of nitrogens with one attached hydrogen (secondary N) is 7. The summed E-state index contributed by atoms with van der Waals surface area (Å²) in [5, 5.41) is 29.0. The number of nitrogens with zero attached hydrogens (tertiary/aromatic N) is 4. The number of carbonyl (C=O) groups is 9. The molecule has 1 aromatic carbocycles. The summed E-state index contributed by atoms with van der Waals surface area (Å²) < 4.78 is 0. The SMILES string of the molecule is CC[C@H](C)[C@H](NC(=O)[C@@H](NC(=O)[C@H](CCCN=C(N)N)NC(=O)[C@H](Cc1ccccc1)NC(=O)[C@H](CCCN=C(N)N)NC(=O)[C@@H]1CCCN1C(=O)[C@H](CCCN=C(N)N)NC(=O)[C@H](CC(C)C)NC(C)=O)[C@@H](C)CC)C(=O)O. The highest BCUT2D eigenvalue weighted by molar-refractivity contribution is 5.98. The zero-order valence-electron chi connectivity index (χ0n) is 46.9. The smallest absolute Gasteiger partial charge is 0.326 e. The van der Waals surface area contributed by atoms with Crippen molar-refractivity contribution in [2.75, 3.05) is 26.2 Å². The van der Waals surface area contributed by atoms with Gasteiger partial charge in [0.25, 0.3) is 0 Å². The molecule has 79 heavy (non-hydrogen) atoms. The molecule has 8 amide bonds. The van der Waals surface area contributed by atoms with Crippen molar-refractivity contribution < 1.29 is 48.3 Å². The summed E-state index contributed by atoms with van der Waals surface area (Å²) in [6.07, 6.45) is 2.20. The molecule has 1 heterocycles. The maximum absolute atomic E-state index is 14.6. The van der Waals surface area contributed by atoms with Crippen LogP contribution in [-0.2, 0) is 49.6 Å². The molecule has 1 aromatic rings. The van der Waals surface area contributed by atoms with Crippen molar-refractivity contribution in [2.45, 2.75) is 174 Å². The standard InChI is InChI=1S/C52H89N17O10/c1-8-30(5)40(47(76)68-41(49(78)79)31(6)9-2)67-43(72)35(20-14-24-60-51(55)56)63-45(74)38(28-33-17-11-10-12-18-33)66-42(71)34(19-13-23-59-50(53)54)64-46(75)39-22-16-26-69(39)48(77)36(21-15-25-61-52(57)58)65-44(73)37(27-29(3)4)62-32(7)70/h10-12,17-18,29-31,34-41H,8-9,13-16,19-28H2,1-7H3,(H,62,70)(H,63,74)(H,64,75)(H,65,73)(H,66,71)(H,67,72)(H,68,76)(H,78,79)(H4,53,54,59)(H4,55,56,60)(H4,57,58,61)/t30-,31-,34-,35-,36-,37-,38-,39-,40-,41-/m0/s1. The van der Waals surface area contributed by atoms with Gasteiger partial charge in [0.05, 0.1) is 0 Å². The van der Waals surface area contributed by atoms with Crippen molar-refractivity contribution in [3.8, 4) is 0 Å². The molecule has 20 N–H and O–H groups in total. The molecule has 0 unspecified atom stereocenters. The lowest BCUT2D eigenvalue weighted by Gasteiger charge is -2.31. The van der Waals surface area contributed by atoms with Crippen molar-refractivity contribution in [1.82, 2.24) is 42.1 Å². The van der Waals surface area contributed by atoms with Gasteiger partial charge >= 0.3 is 5.97 Å². The van der Waals surface area contributed by atoms with E-state index in [1.165, 1.54) is 11.8 Å². The summed E-state index contributed by atoms with van der Waals surface area (Å²) in [5.74, 6) is -8.19. The highest BCUT2D eigenvalue weighted by atomic mass is 16.4. The molecule has 1 saturated heterocycles. The molecule has 0 radical (unpaired) electrons. The number of carboxylic acid groups (broad SMARTS) is 1. The zero-order valence-corrected chi connectivity index (χ0v) is 46.9. The van der Waals surface area contributed by atoms with E-state index >= 15 is 0 Å². The van der Waals surface area contributed by atoms with Gasteiger partial charge < -0.3 is 81.6 Å². The third-order valence-electron chi connectivity index (χ3n) is 13.4. The summed E-state index contributed by atoms with van der Waals surface area (Å²) in [6.45, 7) is 12.4. The van der Waals surface area contributed by atoms with E-state index in [1.54, 1.807) is 58.0 Å². The Morgan fingerprint density at radius 1 is 0.582 bits per heavy atom. The van der Waals surface area contributed by atoms with Crippen LogP contribution in [0.25, 0.3) is 0 Å². The van der Waals surface area contributed by atoms with Gasteiger partial charge in [-0.3, -0.25) is 53.3 Å². The molecule has 1 aliphatic heterocycles. The second-order valence-electron chi connectivity index (χ2n) is 20.4. The first-order chi connectivity index (χ1) is 37.3. The fraction of sp³-hybridized carbons (Fsp3) is 0.654. The number of carboxylic acids is 1. The normalized spacial score (nSPS) is 16.4. The highest BCUT2D eigenvalue weighted by Gasteiger charge is 2.40. The van der Waals surface area contributed by atoms with Crippen LogP contribution in [0.1, 0.15) is 125 Å². The number of aliphatic imine (C=N–C) groups is 3. The van der Waals surface area contributed by atoms with Crippen molar-refractivity contribution >= 4 is 71.1 Å². The first-order valence-corrected chi connectivity index (χ1v) is 27.1. The van der Waals surface area contributed by atoms with E-state index < -0.39 is 113 Å². The van der Waals surface area contributed by atoms with Crippen LogP contribution in [0, 0.1) is 17.8 Å². The van der Waals surface area contributed by atoms with E-state index in [4.69, 9.17) is 34.4 Å². The average Bonchev–Trinajstić information content (AvgIpc) is 3.93. The number of carbonyl (C=O) groups excluding carboxylic acids is 8. The first-order valence-electron chi connectivity index (χ1n) is 27.1. The Bertz CT molecular complexity index is 2270. The van der Waals surface area contributed by atoms with E-state index in [2.05, 4.69) is 52.2 Å². The lowest BCUT2D eigenvalue weighted by molar-refractivity contribution is -0.144. The molecule has 442 valence electrons. The summed E-state index contributed by atoms with van der Waals surface area (Å²) in [7, 11) is 0. The summed E-state index contributed by atoms with van der Waals surface area (Å²) in [6, 6.07) is -1.06. The molecular formula is C52H89N17O10. The van der Waals surface area contributed by atoms with Crippen LogP contribution in [0.15, 0.2) is 45.3 Å². The van der Waals surface area contributed by atoms with Gasteiger partial charge in [-0.25, -0.2) is 4.79 Å². The van der Waals surface area contributed by atoms with E-state index in [9.17, 15) is 48.3 Å². The predicted molar refractivity (Wildman–Crippen MR) is 300 cm³/mol. The molecule has 27 heteroatoms. The number of rotatable bonds is 35. The number of nitrogens with two attached hydrogens (primary N) is 6. The van der Waals surface area contributed by atoms with Crippen LogP contribution in [0.4, 0.5) is 0 Å². The maximum Gasteiger partial charge on any atom is 0.326 e. The molecule has 1 aliphatic rings. The third-order valence-corrected chi connectivity index (χ3v) is 13.4. The van der Waals surface area contributed by atoms with Crippen molar-refractivity contribution in [1.29, 1.82) is 0 Å². The van der Waals surface area contributed by atoms with Crippen molar-refractivity contribution in [3.63, 3.8) is 0 Å². The minimum absolute atomic E-state index is 0.000156. The number of amides is 8. The second kappa shape index (κ2) is 34.9. The molecule has 2 rings (SSSR count). The van der Waals surface area contributed by atoms with Gasteiger partial charge in [0.15, 0.2) is 17.9 Å². The van der Waals surface area contributed by atoms with Gasteiger partial charge in [-0.2, -0.15) is 0 Å². The van der Waals surface area contributed by atoms with Crippen LogP contribution < -0.4 is 71.6 Å². The highest BCUT2D eigenvalue weighted by Crippen LogP contribution is 2.21. The fourth-order valence-electron chi connectivity index (χ4n) is 8.78. The average molecular weight is 1110 g/mol. The maximum atomic E-state index is 14.6. The third kappa shape index (κ3) is 24.6. The molecule has 0 saturated carbocycles. The monoisotopic (exact) mass is 1110 g/mol. The van der Waals surface area contributed by atoms with Gasteiger partial charge in [-0.15, -0.1) is 0 Å². The number of benzene rings is 1. The van der Waals surface area contributed by atoms with Crippen LogP contribution in [0.2, 0.25) is 0 Å². The van der Waals surface area contributed by atoms with Gasteiger partial charge in [0, 0.05) is 39.5 Å². The van der Waals surface area contributed by atoms with Crippen LogP contribution in [-0.4, -0.2) is 156 Å². The number of hydrogen-bond donors (Lipinski definition) is 14. The second-order valence-corrected chi connectivity index (χ2v) is 20.4. The Balaban J connectivity index is 2.58. The number of aliphatic carboxylic acids is 1. The van der Waals surface area contributed by atoms with Gasteiger partial charge in [-0.1, -0.05) is 84.7 Å². The molecule has 0 aliphatic carbocycles. The Kier molecular flexibility index (Phi) is 29.8. The molecular weight excluding hydrogens is 1020 g/mol. The Labute approximate surface area is 463 Å². The predicted octanol–water partition coefficient (Wildman–Crippen LogP) is -1.98. The molecule has 0 spiro atoms. The topological polar surface area (TPSA) is 455 Å². The summed E-state index contributed by atoms with van der Waals surface area (Å²) >= 11 is 0. The van der Waals surface area contributed by atoms with Crippen molar-refractivity contribution in [2.24, 2.45) is 67.1 Å². The zero-order chi connectivity index (χ0) is 59.4. The Morgan fingerprint density at radius 3 is 1.52 bits per heavy atom. The molecule has 1 fully saturated rings. The minimum Gasteiger partial charge on any atom is -0.480 e. The van der Waals surface area contributed by atoms with Gasteiger partial charge in [0.2, 0.25) is 47.3 Å². The Morgan fingerprint density at radius 2 is 1.03 bits per heavy atom. The number of guanidine groups is 3. The number of hydrogen-bond acceptors (Lipinski definition) is 12. The van der Waals surface area contributed by atoms with Crippen LogP contribution in [0.5, 0.6) is 0 Å². The molecule has 10 atom stereocenters. The Hall–Kier alpha value is -7.74. The summed E-state index contributed by atoms with van der Waals surface area (Å²) in [5.41, 5.74) is 33.9. The fourth-order valence-corrected chi connectivity index (χ4v) is 8.78. The lowest BCUT2D eigenvalue weighted by atomic mass is 9.95.